The lowest BCUT2D eigenvalue weighted by molar-refractivity contribution is 0.0742. The second-order valence-electron chi connectivity index (χ2n) is 12.4. The van der Waals surface area contributed by atoms with Crippen molar-refractivity contribution in [1.82, 2.24) is 15.3 Å². The van der Waals surface area contributed by atoms with Crippen molar-refractivity contribution in [3.63, 3.8) is 0 Å². The Morgan fingerprint density at radius 2 is 1.53 bits per heavy atom. The average molecular weight is 595 g/mol. The third kappa shape index (κ3) is 4.56. The fourth-order valence-corrected chi connectivity index (χ4v) is 7.70. The van der Waals surface area contributed by atoms with E-state index in [1.165, 1.54) is 25.0 Å². The number of fused-ring (bicyclic) bond motifs is 2. The number of hydrogen-bond donors (Lipinski definition) is 3. The Morgan fingerprint density at radius 3 is 2.26 bits per heavy atom. The van der Waals surface area contributed by atoms with Gasteiger partial charge in [0, 0.05) is 22.4 Å². The standard InChI is InChI=1S/C32H27F5N4O2/c1-14-8-17-9-18-12-32(11-14,13-20(17)18)41-30(42)16-4-7-21-22(10-16)40-29(39-21)15-2-5-19(6-3-15)38-31(43)23-24(33)26(35)28(37)27(36)25(23)34/h2-7,10,14,17-18,20H,8-9,11-13H2,1H3,(H,38,43)(H,39,40)(H,41,42)/t14-,17-,18+,20?,32?/m1/s1. The smallest absolute Gasteiger partial charge is 0.261 e. The fourth-order valence-electron chi connectivity index (χ4n) is 7.70. The van der Waals surface area contributed by atoms with Gasteiger partial charge in [0.15, 0.2) is 23.3 Å². The highest BCUT2D eigenvalue weighted by atomic mass is 19.2. The Balaban J connectivity index is 1.07. The van der Waals surface area contributed by atoms with Crippen LogP contribution in [0.25, 0.3) is 22.4 Å². The molecule has 1 aromatic heterocycles. The molecule has 5 atom stereocenters. The van der Waals surface area contributed by atoms with Crippen LogP contribution in [0, 0.1) is 52.8 Å². The fraction of sp³-hybridized carbons (Fsp3) is 0.344. The Labute approximate surface area is 243 Å². The topological polar surface area (TPSA) is 86.9 Å². The molecule has 3 aromatic carbocycles. The monoisotopic (exact) mass is 594 g/mol. The minimum absolute atomic E-state index is 0.0617. The number of amides is 2. The van der Waals surface area contributed by atoms with E-state index in [-0.39, 0.29) is 17.1 Å². The summed E-state index contributed by atoms with van der Waals surface area (Å²) >= 11 is 0. The average Bonchev–Trinajstić information content (AvgIpc) is 3.49. The molecular weight excluding hydrogens is 567 g/mol. The zero-order chi connectivity index (χ0) is 30.2. The van der Waals surface area contributed by atoms with Crippen molar-refractivity contribution in [3.05, 3.63) is 82.7 Å². The van der Waals surface area contributed by atoms with Crippen LogP contribution in [0.1, 0.15) is 59.7 Å². The minimum atomic E-state index is -2.34. The van der Waals surface area contributed by atoms with Crippen molar-refractivity contribution in [2.24, 2.45) is 23.7 Å². The molecule has 3 N–H and O–H groups in total. The van der Waals surface area contributed by atoms with Gasteiger partial charge in [-0.1, -0.05) is 6.92 Å². The van der Waals surface area contributed by atoms with Gasteiger partial charge in [0.2, 0.25) is 5.82 Å². The Morgan fingerprint density at radius 1 is 0.837 bits per heavy atom. The van der Waals surface area contributed by atoms with E-state index in [0.29, 0.717) is 33.9 Å². The first-order valence-electron chi connectivity index (χ1n) is 14.3. The minimum Gasteiger partial charge on any atom is -0.347 e. The molecule has 7 rings (SSSR count). The summed E-state index contributed by atoms with van der Waals surface area (Å²) in [5.74, 6) is -9.43. The third-order valence-corrected chi connectivity index (χ3v) is 9.52. The van der Waals surface area contributed by atoms with E-state index >= 15 is 0 Å². The zero-order valence-electron chi connectivity index (χ0n) is 23.0. The summed E-state index contributed by atoms with van der Waals surface area (Å²) in [7, 11) is 0. The number of H-pyrrole nitrogens is 1. The number of anilines is 1. The summed E-state index contributed by atoms with van der Waals surface area (Å²) in [5, 5.41) is 5.55. The number of benzene rings is 3. The van der Waals surface area contributed by atoms with Crippen LogP contribution < -0.4 is 10.6 Å². The van der Waals surface area contributed by atoms with E-state index in [1.807, 2.05) is 0 Å². The van der Waals surface area contributed by atoms with Crippen LogP contribution in [0.3, 0.4) is 0 Å². The number of rotatable bonds is 5. The van der Waals surface area contributed by atoms with Crippen molar-refractivity contribution in [1.29, 1.82) is 0 Å². The van der Waals surface area contributed by atoms with Crippen molar-refractivity contribution >= 4 is 28.5 Å². The molecule has 1 heterocycles. The van der Waals surface area contributed by atoms with Gasteiger partial charge in [0.05, 0.1) is 11.0 Å². The van der Waals surface area contributed by atoms with Gasteiger partial charge in [-0.25, -0.2) is 26.9 Å². The van der Waals surface area contributed by atoms with Crippen molar-refractivity contribution in [2.75, 3.05) is 5.32 Å². The molecule has 0 spiro atoms. The summed E-state index contributed by atoms with van der Waals surface area (Å²) in [6.45, 7) is 2.29. The number of imidazole rings is 1. The van der Waals surface area contributed by atoms with Gasteiger partial charge in [0.1, 0.15) is 11.4 Å². The number of halogens is 5. The van der Waals surface area contributed by atoms with E-state index in [0.717, 1.165) is 37.0 Å². The van der Waals surface area contributed by atoms with Crippen LogP contribution in [0.5, 0.6) is 0 Å². The van der Waals surface area contributed by atoms with Crippen LogP contribution in [-0.4, -0.2) is 27.3 Å². The normalized spacial score (nSPS) is 25.7. The quantitative estimate of drug-likeness (QED) is 0.131. The SMILES string of the molecule is C[C@@H]1C[C@@H]2C[C@H]3CC(NC(=O)c4ccc5nc(-c6ccc(NC(=O)c7c(F)c(F)c(F)c(F)c7F)cc6)[nH]c5c4)(CC23)C1. The van der Waals surface area contributed by atoms with Gasteiger partial charge in [-0.3, -0.25) is 9.59 Å². The highest BCUT2D eigenvalue weighted by molar-refractivity contribution is 6.05. The molecule has 11 heteroatoms. The lowest BCUT2D eigenvalue weighted by Gasteiger charge is -2.42. The predicted molar refractivity (Wildman–Crippen MR) is 149 cm³/mol. The lowest BCUT2D eigenvalue weighted by Crippen LogP contribution is -2.47. The highest BCUT2D eigenvalue weighted by Crippen LogP contribution is 2.60. The molecule has 6 nitrogen and oxygen atoms in total. The van der Waals surface area contributed by atoms with Gasteiger partial charge < -0.3 is 15.6 Å². The summed E-state index contributed by atoms with van der Waals surface area (Å²) in [4.78, 5) is 33.5. The second-order valence-corrected chi connectivity index (χ2v) is 12.4. The molecule has 3 aliphatic carbocycles. The molecule has 222 valence electrons. The summed E-state index contributed by atoms with van der Waals surface area (Å²) in [6, 6.07) is 11.2. The molecular formula is C32H27F5N4O2. The van der Waals surface area contributed by atoms with Gasteiger partial charge in [-0.2, -0.15) is 0 Å². The van der Waals surface area contributed by atoms with Crippen LogP contribution >= 0.6 is 0 Å². The van der Waals surface area contributed by atoms with Crippen molar-refractivity contribution in [3.8, 4) is 11.4 Å². The molecule has 3 saturated carbocycles. The van der Waals surface area contributed by atoms with Gasteiger partial charge in [-0.05, 0) is 98.2 Å². The van der Waals surface area contributed by atoms with E-state index < -0.39 is 40.6 Å². The summed E-state index contributed by atoms with van der Waals surface area (Å²) < 4.78 is 68.3. The van der Waals surface area contributed by atoms with Gasteiger partial charge >= 0.3 is 0 Å². The van der Waals surface area contributed by atoms with Crippen molar-refractivity contribution < 1.29 is 31.5 Å². The number of aromatic nitrogens is 2. The lowest BCUT2D eigenvalue weighted by atomic mass is 9.63. The largest absolute Gasteiger partial charge is 0.347 e. The van der Waals surface area contributed by atoms with Crippen molar-refractivity contribution in [2.45, 2.75) is 44.6 Å². The van der Waals surface area contributed by atoms with Gasteiger partial charge in [-0.15, -0.1) is 0 Å². The maximum Gasteiger partial charge on any atom is 0.261 e. The third-order valence-electron chi connectivity index (χ3n) is 9.52. The van der Waals surface area contributed by atoms with E-state index in [9.17, 15) is 31.5 Å². The maximum atomic E-state index is 14.0. The second kappa shape index (κ2) is 9.89. The first-order valence-corrected chi connectivity index (χ1v) is 14.3. The number of hydrogen-bond acceptors (Lipinski definition) is 3. The number of carbonyl (C=O) groups is 2. The highest BCUT2D eigenvalue weighted by Gasteiger charge is 2.57. The zero-order valence-corrected chi connectivity index (χ0v) is 23.0. The molecule has 3 aliphatic rings. The van der Waals surface area contributed by atoms with Crippen LogP contribution in [0.15, 0.2) is 42.5 Å². The molecule has 0 saturated heterocycles. The maximum absolute atomic E-state index is 14.0. The predicted octanol–water partition coefficient (Wildman–Crippen LogP) is 7.12. The number of carbonyl (C=O) groups excluding carboxylic acids is 2. The number of nitrogens with one attached hydrogen (secondary N) is 3. The Bertz CT molecular complexity index is 1770. The molecule has 2 amide bonds. The number of nitrogens with zero attached hydrogens (tertiary/aromatic N) is 1. The van der Waals surface area contributed by atoms with Crippen LogP contribution in [-0.2, 0) is 0 Å². The van der Waals surface area contributed by atoms with E-state index in [4.69, 9.17) is 0 Å². The molecule has 4 aromatic rings. The summed E-state index contributed by atoms with van der Waals surface area (Å²) in [5.41, 5.74) is 0.776. The Hall–Kier alpha value is -4.28. The van der Waals surface area contributed by atoms with E-state index in [1.54, 1.807) is 30.3 Å². The molecule has 2 bridgehead atoms. The molecule has 43 heavy (non-hydrogen) atoms. The molecule has 0 aliphatic heterocycles. The molecule has 2 unspecified atom stereocenters. The van der Waals surface area contributed by atoms with E-state index in [2.05, 4.69) is 27.5 Å². The van der Waals surface area contributed by atoms with Gasteiger partial charge in [0.25, 0.3) is 11.8 Å². The van der Waals surface area contributed by atoms with Crippen LogP contribution in [0.2, 0.25) is 0 Å². The summed E-state index contributed by atoms with van der Waals surface area (Å²) in [6.07, 6.45) is 5.66. The van der Waals surface area contributed by atoms with Crippen LogP contribution in [0.4, 0.5) is 27.6 Å². The molecule has 0 radical (unpaired) electrons. The molecule has 3 fully saturated rings. The first-order chi connectivity index (χ1) is 20.5. The number of aromatic amines is 1. The Kier molecular flexibility index (Phi) is 6.33. The first kappa shape index (κ1) is 27.5.